The SMILES string of the molecule is N#CCc1cc(Sc2ccccc2)ccc1[N+](=O)[O-]. The predicted octanol–water partition coefficient (Wildman–Crippen LogP) is 3.81. The summed E-state index contributed by atoms with van der Waals surface area (Å²) in [5.41, 5.74) is 0.451. The van der Waals surface area contributed by atoms with Gasteiger partial charge in [-0.15, -0.1) is 0 Å². The van der Waals surface area contributed by atoms with E-state index in [1.165, 1.54) is 17.8 Å². The van der Waals surface area contributed by atoms with Gasteiger partial charge in [-0.25, -0.2) is 0 Å². The molecular formula is C14H10N2O2S. The second-order valence-corrected chi connectivity index (χ2v) is 4.94. The third kappa shape index (κ3) is 3.33. The average molecular weight is 270 g/mol. The van der Waals surface area contributed by atoms with E-state index in [0.717, 1.165) is 9.79 Å². The maximum atomic E-state index is 10.9. The van der Waals surface area contributed by atoms with Gasteiger partial charge in [0.25, 0.3) is 5.69 Å². The minimum Gasteiger partial charge on any atom is -0.258 e. The van der Waals surface area contributed by atoms with Gasteiger partial charge in [-0.2, -0.15) is 5.26 Å². The molecule has 0 aliphatic rings. The number of benzene rings is 2. The van der Waals surface area contributed by atoms with Gasteiger partial charge in [0, 0.05) is 21.4 Å². The Labute approximate surface area is 114 Å². The fraction of sp³-hybridized carbons (Fsp3) is 0.0714. The number of rotatable bonds is 4. The van der Waals surface area contributed by atoms with Crippen molar-refractivity contribution in [2.75, 3.05) is 0 Å². The Balaban J connectivity index is 2.31. The molecule has 19 heavy (non-hydrogen) atoms. The quantitative estimate of drug-likeness (QED) is 0.625. The fourth-order valence-corrected chi connectivity index (χ4v) is 2.56. The summed E-state index contributed by atoms with van der Waals surface area (Å²) in [7, 11) is 0. The molecule has 0 saturated heterocycles. The van der Waals surface area contributed by atoms with Gasteiger partial charge in [-0.1, -0.05) is 30.0 Å². The molecular weight excluding hydrogens is 260 g/mol. The van der Waals surface area contributed by atoms with Crippen molar-refractivity contribution in [1.82, 2.24) is 0 Å². The average Bonchev–Trinajstić information content (AvgIpc) is 2.40. The van der Waals surface area contributed by atoms with Crippen LogP contribution in [-0.4, -0.2) is 4.92 Å². The van der Waals surface area contributed by atoms with Gasteiger partial charge in [0.15, 0.2) is 0 Å². The third-order valence-electron chi connectivity index (χ3n) is 2.50. The van der Waals surface area contributed by atoms with Crippen LogP contribution in [0.2, 0.25) is 0 Å². The molecule has 0 N–H and O–H groups in total. The van der Waals surface area contributed by atoms with Crippen molar-refractivity contribution in [3.63, 3.8) is 0 Å². The third-order valence-corrected chi connectivity index (χ3v) is 3.49. The van der Waals surface area contributed by atoms with Crippen LogP contribution in [0.25, 0.3) is 0 Å². The molecule has 0 amide bonds. The van der Waals surface area contributed by atoms with E-state index in [1.54, 1.807) is 12.1 Å². The van der Waals surface area contributed by atoms with Crippen molar-refractivity contribution in [2.45, 2.75) is 16.2 Å². The highest BCUT2D eigenvalue weighted by molar-refractivity contribution is 7.99. The van der Waals surface area contributed by atoms with E-state index < -0.39 is 4.92 Å². The fourth-order valence-electron chi connectivity index (χ4n) is 1.65. The van der Waals surface area contributed by atoms with Crippen LogP contribution in [-0.2, 0) is 6.42 Å². The first kappa shape index (κ1) is 13.1. The van der Waals surface area contributed by atoms with Crippen molar-refractivity contribution < 1.29 is 4.92 Å². The van der Waals surface area contributed by atoms with Crippen molar-refractivity contribution in [1.29, 1.82) is 5.26 Å². The molecule has 0 aliphatic carbocycles. The van der Waals surface area contributed by atoms with Crippen LogP contribution in [0.3, 0.4) is 0 Å². The first-order valence-corrected chi connectivity index (χ1v) is 6.39. The molecule has 0 bridgehead atoms. The molecule has 0 atom stereocenters. The lowest BCUT2D eigenvalue weighted by Gasteiger charge is -2.04. The van der Waals surface area contributed by atoms with Gasteiger partial charge in [0.05, 0.1) is 17.4 Å². The van der Waals surface area contributed by atoms with Crippen LogP contribution in [0.5, 0.6) is 0 Å². The van der Waals surface area contributed by atoms with Gasteiger partial charge in [0.2, 0.25) is 0 Å². The molecule has 2 aromatic rings. The molecule has 2 aromatic carbocycles. The van der Waals surface area contributed by atoms with Crippen LogP contribution in [0.15, 0.2) is 58.3 Å². The smallest absolute Gasteiger partial charge is 0.258 e. The Morgan fingerprint density at radius 3 is 2.53 bits per heavy atom. The maximum absolute atomic E-state index is 10.9. The topological polar surface area (TPSA) is 66.9 Å². The molecule has 0 heterocycles. The van der Waals surface area contributed by atoms with E-state index in [9.17, 15) is 10.1 Å². The maximum Gasteiger partial charge on any atom is 0.273 e. The highest BCUT2D eigenvalue weighted by atomic mass is 32.2. The molecule has 0 aromatic heterocycles. The summed E-state index contributed by atoms with van der Waals surface area (Å²) >= 11 is 1.52. The van der Waals surface area contributed by atoms with Crippen molar-refractivity contribution in [3.8, 4) is 6.07 Å². The van der Waals surface area contributed by atoms with Crippen LogP contribution < -0.4 is 0 Å². The highest BCUT2D eigenvalue weighted by Gasteiger charge is 2.14. The number of nitriles is 1. The van der Waals surface area contributed by atoms with Gasteiger partial charge in [-0.3, -0.25) is 10.1 Å². The van der Waals surface area contributed by atoms with E-state index in [2.05, 4.69) is 0 Å². The van der Waals surface area contributed by atoms with Gasteiger partial charge < -0.3 is 0 Å². The van der Waals surface area contributed by atoms with Crippen molar-refractivity contribution >= 4 is 17.4 Å². The lowest BCUT2D eigenvalue weighted by atomic mass is 10.1. The number of nitrogens with zero attached hydrogens (tertiary/aromatic N) is 2. The Morgan fingerprint density at radius 1 is 1.16 bits per heavy atom. The summed E-state index contributed by atoms with van der Waals surface area (Å²) in [6, 6.07) is 16.6. The standard InChI is InChI=1S/C14H10N2O2S/c15-9-8-11-10-13(6-7-14(11)16(17)18)19-12-4-2-1-3-5-12/h1-7,10H,8H2. The molecule has 5 heteroatoms. The number of nitro benzene ring substituents is 1. The summed E-state index contributed by atoms with van der Waals surface area (Å²) in [6.45, 7) is 0. The molecule has 0 fully saturated rings. The van der Waals surface area contributed by atoms with Gasteiger partial charge >= 0.3 is 0 Å². The van der Waals surface area contributed by atoms with E-state index >= 15 is 0 Å². The Bertz CT molecular complexity index is 636. The molecule has 2 rings (SSSR count). The molecule has 0 spiro atoms. The van der Waals surface area contributed by atoms with Crippen LogP contribution >= 0.6 is 11.8 Å². The summed E-state index contributed by atoms with van der Waals surface area (Å²) in [4.78, 5) is 12.3. The summed E-state index contributed by atoms with van der Waals surface area (Å²) in [5, 5.41) is 19.6. The molecule has 94 valence electrons. The van der Waals surface area contributed by atoms with E-state index in [4.69, 9.17) is 5.26 Å². The minimum absolute atomic E-state index is 0.000961. The molecule has 0 aliphatic heterocycles. The lowest BCUT2D eigenvalue weighted by molar-refractivity contribution is -0.385. The second-order valence-electron chi connectivity index (χ2n) is 3.80. The Hall–Kier alpha value is -2.32. The van der Waals surface area contributed by atoms with Crippen molar-refractivity contribution in [2.24, 2.45) is 0 Å². The second kappa shape index (κ2) is 6.03. The normalized spacial score (nSPS) is 9.84. The summed E-state index contributed by atoms with van der Waals surface area (Å²) in [5.74, 6) is 0. The predicted molar refractivity (Wildman–Crippen MR) is 73.0 cm³/mol. The van der Waals surface area contributed by atoms with Crippen LogP contribution in [0.4, 0.5) is 5.69 Å². The zero-order valence-electron chi connectivity index (χ0n) is 9.95. The summed E-state index contributed by atoms with van der Waals surface area (Å²) < 4.78 is 0. The Morgan fingerprint density at radius 2 is 1.89 bits per heavy atom. The largest absolute Gasteiger partial charge is 0.273 e. The van der Waals surface area contributed by atoms with E-state index in [-0.39, 0.29) is 12.1 Å². The van der Waals surface area contributed by atoms with Crippen LogP contribution in [0.1, 0.15) is 5.56 Å². The monoisotopic (exact) mass is 270 g/mol. The minimum atomic E-state index is -0.455. The zero-order valence-corrected chi connectivity index (χ0v) is 10.8. The van der Waals surface area contributed by atoms with E-state index in [0.29, 0.717) is 5.56 Å². The first-order valence-electron chi connectivity index (χ1n) is 5.58. The lowest BCUT2D eigenvalue weighted by Crippen LogP contribution is -1.94. The molecule has 0 saturated carbocycles. The Kier molecular flexibility index (Phi) is 4.16. The van der Waals surface area contributed by atoms with Crippen LogP contribution in [0, 0.1) is 21.4 Å². The molecule has 0 radical (unpaired) electrons. The number of hydrogen-bond donors (Lipinski definition) is 0. The molecule has 4 nitrogen and oxygen atoms in total. The highest BCUT2D eigenvalue weighted by Crippen LogP contribution is 2.31. The van der Waals surface area contributed by atoms with Gasteiger partial charge in [-0.05, 0) is 24.3 Å². The van der Waals surface area contributed by atoms with E-state index in [1.807, 2.05) is 36.4 Å². The number of hydrogen-bond acceptors (Lipinski definition) is 4. The number of nitro groups is 1. The molecule has 0 unspecified atom stereocenters. The first-order chi connectivity index (χ1) is 9.20. The zero-order chi connectivity index (χ0) is 13.7. The summed E-state index contributed by atoms with van der Waals surface area (Å²) in [6.07, 6.45) is 0.0412. The van der Waals surface area contributed by atoms with Gasteiger partial charge in [0.1, 0.15) is 0 Å². The van der Waals surface area contributed by atoms with Crippen molar-refractivity contribution in [3.05, 3.63) is 64.2 Å².